The Bertz CT molecular complexity index is 1390. The molecule has 0 radical (unpaired) electrons. The van der Waals surface area contributed by atoms with Crippen LogP contribution in [-0.4, -0.2) is 66.5 Å². The minimum absolute atomic E-state index is 0.0277. The molecular weight excluding hydrogens is 476 g/mol. The fraction of sp³-hybridized carbons (Fsp3) is 0.214. The lowest BCUT2D eigenvalue weighted by Crippen LogP contribution is -2.43. The number of benzene rings is 3. The van der Waals surface area contributed by atoms with Gasteiger partial charge >= 0.3 is 0 Å². The summed E-state index contributed by atoms with van der Waals surface area (Å²) < 4.78 is 5.36. The second-order valence-corrected chi connectivity index (χ2v) is 9.16. The maximum Gasteiger partial charge on any atom is 0.240 e. The Morgan fingerprint density at radius 2 is 1.81 bits per heavy atom. The monoisotopic (exact) mass is 502 g/mol. The molecule has 5 rings (SSSR count). The van der Waals surface area contributed by atoms with E-state index < -0.39 is 0 Å². The molecule has 1 aromatic heterocycles. The molecule has 1 aliphatic rings. The Morgan fingerprint density at radius 3 is 2.53 bits per heavy atom. The van der Waals surface area contributed by atoms with Crippen molar-refractivity contribution < 1.29 is 14.6 Å². The number of hydrogen-bond donors (Lipinski definition) is 2. The first-order valence-corrected chi connectivity index (χ1v) is 12.2. The normalized spacial score (nSPS) is 14.8. The van der Waals surface area contributed by atoms with E-state index in [0.29, 0.717) is 41.7 Å². The average molecular weight is 503 g/mol. The molecule has 0 spiro atoms. The standard InChI is InChI=1S/C28H27ClN4O3/c1-32(25(34)18-33-13-15-36-16-14-33)22-10-8-21(9-11-22)30-27(19-5-3-2-4-6-19)26-23-12-7-20(29)17-24(23)31-28(26)35/h2-12,17,31,35H,13-16,18H2,1H3. The van der Waals surface area contributed by atoms with Crippen molar-refractivity contribution >= 4 is 45.5 Å². The molecule has 1 aliphatic heterocycles. The van der Waals surface area contributed by atoms with Gasteiger partial charge in [-0.15, -0.1) is 0 Å². The summed E-state index contributed by atoms with van der Waals surface area (Å²) in [4.78, 5) is 24.5. The van der Waals surface area contributed by atoms with Crippen LogP contribution in [0.2, 0.25) is 5.02 Å². The van der Waals surface area contributed by atoms with Crippen LogP contribution in [0.5, 0.6) is 5.88 Å². The second-order valence-electron chi connectivity index (χ2n) is 8.72. The van der Waals surface area contributed by atoms with Gasteiger partial charge < -0.3 is 19.7 Å². The fourth-order valence-corrected chi connectivity index (χ4v) is 4.51. The van der Waals surface area contributed by atoms with E-state index in [1.165, 1.54) is 0 Å². The van der Waals surface area contributed by atoms with Crippen LogP contribution in [0, 0.1) is 0 Å². The van der Waals surface area contributed by atoms with Gasteiger partial charge in [0.1, 0.15) is 0 Å². The van der Waals surface area contributed by atoms with E-state index in [4.69, 9.17) is 21.3 Å². The number of nitrogens with zero attached hydrogens (tertiary/aromatic N) is 3. The predicted octanol–water partition coefficient (Wildman–Crippen LogP) is 4.99. The van der Waals surface area contributed by atoms with Crippen LogP contribution >= 0.6 is 11.6 Å². The average Bonchev–Trinajstić information content (AvgIpc) is 3.22. The molecular formula is C28H27ClN4O3. The maximum atomic E-state index is 12.8. The molecule has 0 saturated carbocycles. The molecule has 2 N–H and O–H groups in total. The number of aromatic hydroxyl groups is 1. The SMILES string of the molecule is CN(C(=O)CN1CCOCC1)c1ccc(N=C(c2ccccc2)c2c(O)[nH]c3cc(Cl)ccc23)cc1. The summed E-state index contributed by atoms with van der Waals surface area (Å²) in [5.74, 6) is 0.0560. The van der Waals surface area contributed by atoms with Crippen molar-refractivity contribution in [2.45, 2.75) is 0 Å². The summed E-state index contributed by atoms with van der Waals surface area (Å²) in [5, 5.41) is 12.2. The van der Waals surface area contributed by atoms with Crippen LogP contribution in [0.25, 0.3) is 10.9 Å². The van der Waals surface area contributed by atoms with Crippen LogP contribution in [0.1, 0.15) is 11.1 Å². The van der Waals surface area contributed by atoms with Crippen molar-refractivity contribution in [3.8, 4) is 5.88 Å². The third-order valence-electron chi connectivity index (χ3n) is 6.34. The molecule has 8 heteroatoms. The molecule has 0 atom stereocenters. The highest BCUT2D eigenvalue weighted by Gasteiger charge is 2.20. The number of ether oxygens (including phenoxy) is 1. The quantitative estimate of drug-likeness (QED) is 0.364. The van der Waals surface area contributed by atoms with Crippen LogP contribution in [0.4, 0.5) is 11.4 Å². The van der Waals surface area contributed by atoms with Crippen molar-refractivity contribution in [3.05, 3.63) is 88.9 Å². The summed E-state index contributed by atoms with van der Waals surface area (Å²) >= 11 is 6.16. The van der Waals surface area contributed by atoms with Crippen LogP contribution < -0.4 is 4.90 Å². The number of fused-ring (bicyclic) bond motifs is 1. The lowest BCUT2D eigenvalue weighted by molar-refractivity contribution is -0.120. The first-order chi connectivity index (χ1) is 17.5. The third kappa shape index (κ3) is 5.14. The van der Waals surface area contributed by atoms with Gasteiger partial charge in [0.25, 0.3) is 0 Å². The predicted molar refractivity (Wildman–Crippen MR) is 144 cm³/mol. The maximum absolute atomic E-state index is 12.8. The Labute approximate surface area is 214 Å². The minimum Gasteiger partial charge on any atom is -0.494 e. The first-order valence-electron chi connectivity index (χ1n) is 11.8. The molecule has 2 heterocycles. The summed E-state index contributed by atoms with van der Waals surface area (Å²) in [7, 11) is 1.78. The van der Waals surface area contributed by atoms with E-state index in [9.17, 15) is 9.90 Å². The topological polar surface area (TPSA) is 81.2 Å². The van der Waals surface area contributed by atoms with E-state index in [-0.39, 0.29) is 11.8 Å². The molecule has 36 heavy (non-hydrogen) atoms. The molecule has 0 bridgehead atoms. The fourth-order valence-electron chi connectivity index (χ4n) is 4.34. The molecule has 4 aromatic rings. The molecule has 3 aromatic carbocycles. The number of nitrogens with one attached hydrogen (secondary N) is 1. The highest BCUT2D eigenvalue weighted by atomic mass is 35.5. The number of amides is 1. The molecule has 184 valence electrons. The molecule has 0 unspecified atom stereocenters. The smallest absolute Gasteiger partial charge is 0.240 e. The molecule has 1 amide bonds. The largest absolute Gasteiger partial charge is 0.494 e. The number of halogens is 1. The zero-order valence-corrected chi connectivity index (χ0v) is 20.7. The van der Waals surface area contributed by atoms with E-state index in [2.05, 4.69) is 9.88 Å². The number of carbonyl (C=O) groups excluding carboxylic acids is 1. The number of H-pyrrole nitrogens is 1. The number of aliphatic imine (C=N–C) groups is 1. The number of hydrogen-bond acceptors (Lipinski definition) is 5. The van der Waals surface area contributed by atoms with Crippen molar-refractivity contribution in [2.24, 2.45) is 4.99 Å². The second kappa shape index (κ2) is 10.5. The Hall–Kier alpha value is -3.65. The molecule has 0 aliphatic carbocycles. The number of rotatable bonds is 6. The van der Waals surface area contributed by atoms with Crippen LogP contribution in [-0.2, 0) is 9.53 Å². The van der Waals surface area contributed by atoms with Crippen molar-refractivity contribution in [1.82, 2.24) is 9.88 Å². The number of carbonyl (C=O) groups is 1. The minimum atomic E-state index is 0.0277. The van der Waals surface area contributed by atoms with Gasteiger partial charge in [-0.3, -0.25) is 9.69 Å². The Morgan fingerprint density at radius 1 is 1.08 bits per heavy atom. The highest BCUT2D eigenvalue weighted by molar-refractivity contribution is 6.31. The Kier molecular flexibility index (Phi) is 7.04. The van der Waals surface area contributed by atoms with E-state index in [0.717, 1.165) is 35.2 Å². The Balaban J connectivity index is 1.46. The van der Waals surface area contributed by atoms with E-state index in [1.54, 1.807) is 24.1 Å². The summed E-state index contributed by atoms with van der Waals surface area (Å²) in [6, 6.07) is 22.7. The van der Waals surface area contributed by atoms with Gasteiger partial charge in [0, 0.05) is 41.8 Å². The molecule has 1 fully saturated rings. The van der Waals surface area contributed by atoms with Crippen LogP contribution in [0.15, 0.2) is 77.8 Å². The summed E-state index contributed by atoms with van der Waals surface area (Å²) in [5.41, 5.74) is 4.33. The summed E-state index contributed by atoms with van der Waals surface area (Å²) in [6.07, 6.45) is 0. The number of morpholine rings is 1. The van der Waals surface area contributed by atoms with Gasteiger partial charge in [0.2, 0.25) is 5.91 Å². The van der Waals surface area contributed by atoms with E-state index in [1.807, 2.05) is 60.7 Å². The van der Waals surface area contributed by atoms with E-state index >= 15 is 0 Å². The van der Waals surface area contributed by atoms with Gasteiger partial charge in [0.15, 0.2) is 5.88 Å². The van der Waals surface area contributed by atoms with Crippen molar-refractivity contribution in [3.63, 3.8) is 0 Å². The zero-order chi connectivity index (χ0) is 25.1. The highest BCUT2D eigenvalue weighted by Crippen LogP contribution is 2.33. The van der Waals surface area contributed by atoms with Crippen molar-refractivity contribution in [2.75, 3.05) is 44.8 Å². The van der Waals surface area contributed by atoms with Gasteiger partial charge in [-0.1, -0.05) is 48.0 Å². The first kappa shape index (κ1) is 24.1. The number of anilines is 1. The number of aromatic nitrogens is 1. The lowest BCUT2D eigenvalue weighted by atomic mass is 10.0. The lowest BCUT2D eigenvalue weighted by Gasteiger charge is -2.28. The third-order valence-corrected chi connectivity index (χ3v) is 6.57. The molecule has 7 nitrogen and oxygen atoms in total. The zero-order valence-electron chi connectivity index (χ0n) is 19.9. The number of aromatic amines is 1. The number of likely N-dealkylation sites (N-methyl/N-ethyl adjacent to an activating group) is 1. The van der Waals surface area contributed by atoms with Gasteiger partial charge in [-0.25, -0.2) is 4.99 Å². The van der Waals surface area contributed by atoms with Crippen LogP contribution in [0.3, 0.4) is 0 Å². The van der Waals surface area contributed by atoms with Crippen molar-refractivity contribution in [1.29, 1.82) is 0 Å². The molecule has 1 saturated heterocycles. The van der Waals surface area contributed by atoms with Gasteiger partial charge in [-0.05, 0) is 36.4 Å². The summed E-state index contributed by atoms with van der Waals surface area (Å²) in [6.45, 7) is 3.21. The van der Waals surface area contributed by atoms with Gasteiger partial charge in [0.05, 0.1) is 42.2 Å². The van der Waals surface area contributed by atoms with Gasteiger partial charge in [-0.2, -0.15) is 0 Å².